The van der Waals surface area contributed by atoms with E-state index in [9.17, 15) is 28.9 Å². The van der Waals surface area contributed by atoms with Crippen LogP contribution in [0.4, 0.5) is 0 Å². The van der Waals surface area contributed by atoms with E-state index < -0.39 is 57.8 Å². The van der Waals surface area contributed by atoms with Crippen molar-refractivity contribution in [3.8, 4) is 0 Å². The number of carbonyl (C=O) groups is 3. The SMILES string of the molecule is CC/C=C\C/C=C\C/C=C\C/C=C\CCCCC(=O)OCC(COP(=O)(O)OCC(CO)OC(=O)CCCCCCCCCCCCC)OC(=O)CCCCCCCCCCCCCCCCCCC. The van der Waals surface area contributed by atoms with Crippen molar-refractivity contribution in [3.63, 3.8) is 0 Å². The van der Waals surface area contributed by atoms with Crippen molar-refractivity contribution in [1.29, 1.82) is 0 Å². The molecule has 70 heavy (non-hydrogen) atoms. The summed E-state index contributed by atoms with van der Waals surface area (Å²) >= 11 is 0. The Hall–Kier alpha value is -2.56. The lowest BCUT2D eigenvalue weighted by atomic mass is 10.0. The first-order valence-electron chi connectivity index (χ1n) is 28.5. The average Bonchev–Trinajstić information content (AvgIpc) is 3.35. The number of unbranched alkanes of at least 4 members (excludes halogenated alkanes) is 28. The van der Waals surface area contributed by atoms with Crippen molar-refractivity contribution in [2.75, 3.05) is 26.4 Å². The summed E-state index contributed by atoms with van der Waals surface area (Å²) in [6, 6.07) is 0. The predicted octanol–water partition coefficient (Wildman–Crippen LogP) is 16.6. The van der Waals surface area contributed by atoms with Crippen LogP contribution in [0, 0.1) is 0 Å². The number of hydrogen-bond acceptors (Lipinski definition) is 10. The fourth-order valence-electron chi connectivity index (χ4n) is 7.94. The van der Waals surface area contributed by atoms with E-state index in [-0.39, 0.29) is 25.9 Å². The van der Waals surface area contributed by atoms with E-state index in [1.807, 2.05) is 0 Å². The van der Waals surface area contributed by atoms with Crippen LogP contribution in [0.25, 0.3) is 0 Å². The molecule has 11 nitrogen and oxygen atoms in total. The molecule has 0 aliphatic heterocycles. The van der Waals surface area contributed by atoms with E-state index in [0.29, 0.717) is 19.3 Å². The molecule has 0 fully saturated rings. The van der Waals surface area contributed by atoms with Gasteiger partial charge in [0.25, 0.3) is 0 Å². The number of rotatable bonds is 53. The molecule has 12 heteroatoms. The molecule has 0 aromatic carbocycles. The third-order valence-electron chi connectivity index (χ3n) is 12.3. The average molecular weight is 1010 g/mol. The molecule has 0 heterocycles. The van der Waals surface area contributed by atoms with E-state index >= 15 is 0 Å². The summed E-state index contributed by atoms with van der Waals surface area (Å²) in [7, 11) is -4.75. The molecule has 0 spiro atoms. The lowest BCUT2D eigenvalue weighted by Crippen LogP contribution is -2.30. The zero-order chi connectivity index (χ0) is 51.3. The number of phosphoric acid groups is 1. The van der Waals surface area contributed by atoms with Crippen LogP contribution in [-0.4, -0.2) is 66.5 Å². The van der Waals surface area contributed by atoms with Gasteiger partial charge in [0.1, 0.15) is 12.7 Å². The van der Waals surface area contributed by atoms with E-state index in [2.05, 4.69) is 69.4 Å². The lowest BCUT2D eigenvalue weighted by molar-refractivity contribution is -0.161. The van der Waals surface area contributed by atoms with Crippen LogP contribution < -0.4 is 0 Å². The van der Waals surface area contributed by atoms with Crippen molar-refractivity contribution in [2.24, 2.45) is 0 Å². The molecular formula is C58H105O11P. The molecule has 0 aromatic rings. The largest absolute Gasteiger partial charge is 0.472 e. The molecule has 0 saturated heterocycles. The Kier molecular flexibility index (Phi) is 50.8. The van der Waals surface area contributed by atoms with E-state index in [1.54, 1.807) is 0 Å². The highest BCUT2D eigenvalue weighted by molar-refractivity contribution is 7.47. The molecule has 2 N–H and O–H groups in total. The third kappa shape index (κ3) is 50.4. The van der Waals surface area contributed by atoms with Crippen molar-refractivity contribution in [2.45, 2.75) is 277 Å². The molecule has 0 aromatic heterocycles. The quantitative estimate of drug-likeness (QED) is 0.0197. The normalized spacial score (nSPS) is 13.7. The van der Waals surface area contributed by atoms with Crippen LogP contribution in [0.5, 0.6) is 0 Å². The van der Waals surface area contributed by atoms with Gasteiger partial charge in [-0.2, -0.15) is 0 Å². The van der Waals surface area contributed by atoms with Crippen molar-refractivity contribution >= 4 is 25.7 Å². The van der Waals surface area contributed by atoms with Crippen LogP contribution in [0.3, 0.4) is 0 Å². The Morgan fingerprint density at radius 1 is 0.414 bits per heavy atom. The number of esters is 3. The number of aliphatic hydroxyl groups is 1. The second-order valence-corrected chi connectivity index (χ2v) is 20.5. The van der Waals surface area contributed by atoms with Gasteiger partial charge in [0.15, 0.2) is 6.10 Å². The Balaban J connectivity index is 4.75. The molecule has 3 unspecified atom stereocenters. The molecule has 0 rings (SSSR count). The van der Waals surface area contributed by atoms with E-state index in [0.717, 1.165) is 77.0 Å². The predicted molar refractivity (Wildman–Crippen MR) is 289 cm³/mol. The number of allylic oxidation sites excluding steroid dienone is 8. The summed E-state index contributed by atoms with van der Waals surface area (Å²) < 4.78 is 39.4. The molecule has 0 saturated carbocycles. The monoisotopic (exact) mass is 1010 g/mol. The van der Waals surface area contributed by atoms with E-state index in [4.69, 9.17) is 23.3 Å². The summed E-state index contributed by atoms with van der Waals surface area (Å²) in [5.41, 5.74) is 0. The van der Waals surface area contributed by atoms with E-state index in [1.165, 1.54) is 128 Å². The summed E-state index contributed by atoms with van der Waals surface area (Å²) in [6.45, 7) is 4.51. The molecule has 408 valence electrons. The Bertz CT molecular complexity index is 1360. The van der Waals surface area contributed by atoms with Crippen molar-refractivity contribution in [1.82, 2.24) is 0 Å². The molecular weight excluding hydrogens is 904 g/mol. The van der Waals surface area contributed by atoms with Gasteiger partial charge in [-0.15, -0.1) is 0 Å². The first kappa shape index (κ1) is 67.4. The molecule has 0 radical (unpaired) electrons. The van der Waals surface area contributed by atoms with Gasteiger partial charge in [-0.25, -0.2) is 4.57 Å². The second kappa shape index (κ2) is 52.8. The van der Waals surface area contributed by atoms with Crippen molar-refractivity contribution in [3.05, 3.63) is 48.6 Å². The second-order valence-electron chi connectivity index (χ2n) is 19.1. The zero-order valence-electron chi connectivity index (χ0n) is 45.0. The van der Waals surface area contributed by atoms with Gasteiger partial charge in [0.05, 0.1) is 19.8 Å². The van der Waals surface area contributed by atoms with Gasteiger partial charge in [0, 0.05) is 19.3 Å². The van der Waals surface area contributed by atoms with Crippen molar-refractivity contribution < 1.29 is 52.2 Å². The van der Waals surface area contributed by atoms with Gasteiger partial charge < -0.3 is 24.2 Å². The minimum Gasteiger partial charge on any atom is -0.462 e. The Morgan fingerprint density at radius 3 is 1.14 bits per heavy atom. The van der Waals surface area contributed by atoms with Crippen LogP contribution in [0.1, 0.15) is 265 Å². The van der Waals surface area contributed by atoms with Gasteiger partial charge in [-0.05, 0) is 57.8 Å². The number of aliphatic hydroxyl groups excluding tert-OH is 1. The fraction of sp³-hybridized carbons (Fsp3) is 0.810. The molecule has 0 aliphatic rings. The molecule has 0 amide bonds. The maximum absolute atomic E-state index is 12.9. The zero-order valence-corrected chi connectivity index (χ0v) is 45.9. The van der Waals surface area contributed by atoms with Gasteiger partial charge in [0.2, 0.25) is 0 Å². The van der Waals surface area contributed by atoms with Gasteiger partial charge >= 0.3 is 25.7 Å². The summed E-state index contributed by atoms with van der Waals surface area (Å²) in [5, 5.41) is 9.79. The standard InChI is InChI=1S/C58H105O11P/c1-4-7-10-13-16-19-22-24-26-27-29-31-34-37-40-43-46-49-58(62)69-55(51-65-56(60)47-44-41-38-35-33-30-28-25-23-20-17-14-11-8-5-2)53-67-70(63,64)66-52-54(50-59)68-57(61)48-45-42-39-36-32-21-18-15-12-9-6-3/h8,11,17,20,25,28,33,35,54-55,59H,4-7,9-10,12-16,18-19,21-24,26-27,29-32,34,36-53H2,1-3H3,(H,63,64)/b11-8-,20-17-,28-25-,35-33-. The van der Waals surface area contributed by atoms with Gasteiger partial charge in [-0.3, -0.25) is 23.4 Å². The highest BCUT2D eigenvalue weighted by Crippen LogP contribution is 2.43. The minimum absolute atomic E-state index is 0.163. The number of carbonyl (C=O) groups excluding carboxylic acids is 3. The summed E-state index contributed by atoms with van der Waals surface area (Å²) in [4.78, 5) is 48.4. The highest BCUT2D eigenvalue weighted by Gasteiger charge is 2.28. The topological polar surface area (TPSA) is 155 Å². The van der Waals surface area contributed by atoms with Crippen LogP contribution in [-0.2, 0) is 42.2 Å². The number of phosphoric ester groups is 1. The highest BCUT2D eigenvalue weighted by atomic mass is 31.2. The molecule has 3 atom stereocenters. The lowest BCUT2D eigenvalue weighted by Gasteiger charge is -2.21. The smallest absolute Gasteiger partial charge is 0.462 e. The maximum atomic E-state index is 12.9. The number of hydrogen-bond donors (Lipinski definition) is 2. The third-order valence-corrected chi connectivity index (χ3v) is 13.2. The maximum Gasteiger partial charge on any atom is 0.472 e. The molecule has 0 bridgehead atoms. The fourth-order valence-corrected chi connectivity index (χ4v) is 8.72. The Labute approximate surface area is 428 Å². The van der Waals surface area contributed by atoms with Gasteiger partial charge in [-0.1, -0.05) is 236 Å². The first-order chi connectivity index (χ1) is 34.2. The van der Waals surface area contributed by atoms with Crippen LogP contribution >= 0.6 is 7.82 Å². The number of ether oxygens (including phenoxy) is 3. The Morgan fingerprint density at radius 2 is 0.743 bits per heavy atom. The minimum atomic E-state index is -4.75. The summed E-state index contributed by atoms with van der Waals surface area (Å²) in [6.07, 6.45) is 55.1. The molecule has 0 aliphatic carbocycles. The van der Waals surface area contributed by atoms with Crippen LogP contribution in [0.2, 0.25) is 0 Å². The first-order valence-corrected chi connectivity index (χ1v) is 30.0. The summed E-state index contributed by atoms with van der Waals surface area (Å²) in [5.74, 6) is -1.50. The van der Waals surface area contributed by atoms with Crippen LogP contribution in [0.15, 0.2) is 48.6 Å².